The average molecular weight is 183 g/mol. The molecule has 0 atom stereocenters. The predicted molar refractivity (Wildman–Crippen MR) is 55.1 cm³/mol. The van der Waals surface area contributed by atoms with Crippen LogP contribution in [0.1, 0.15) is 41.5 Å². The van der Waals surface area contributed by atoms with E-state index < -0.39 is 0 Å². The predicted octanol–water partition coefficient (Wildman–Crippen LogP) is 2.96. The zero-order chi connectivity index (χ0) is 10.3. The Morgan fingerprint density at radius 2 is 1.69 bits per heavy atom. The zero-order valence-corrected chi connectivity index (χ0v) is 9.64. The third kappa shape index (κ3) is 2.17. The molecule has 0 N–H and O–H groups in total. The van der Waals surface area contributed by atoms with E-state index in [9.17, 15) is 0 Å². The fourth-order valence-corrected chi connectivity index (χ4v) is 1.46. The molecule has 76 valence electrons. The lowest BCUT2D eigenvalue weighted by molar-refractivity contribution is 0.0815. The van der Waals surface area contributed by atoms with Crippen LogP contribution < -0.4 is 0 Å². The second-order valence-electron chi connectivity index (χ2n) is 5.65. The van der Waals surface area contributed by atoms with Crippen LogP contribution >= 0.6 is 0 Å². The molecular weight excluding hydrogens is 162 g/mol. The van der Waals surface area contributed by atoms with E-state index in [2.05, 4.69) is 46.4 Å². The molecule has 0 unspecified atom stereocenters. The summed E-state index contributed by atoms with van der Waals surface area (Å²) in [5.41, 5.74) is 1.61. The van der Waals surface area contributed by atoms with Crippen LogP contribution in [0.4, 0.5) is 0 Å². The van der Waals surface area contributed by atoms with Crippen molar-refractivity contribution in [3.05, 3.63) is 12.0 Å². The first kappa shape index (κ1) is 10.4. The molecule has 0 bridgehead atoms. The van der Waals surface area contributed by atoms with Crippen molar-refractivity contribution in [1.82, 2.24) is 4.90 Å². The molecule has 0 saturated carbocycles. The molecule has 1 aliphatic rings. The van der Waals surface area contributed by atoms with Gasteiger partial charge in [-0.25, -0.2) is 0 Å². The Kier molecular flexibility index (Phi) is 2.35. The number of hydrogen-bond donors (Lipinski definition) is 0. The van der Waals surface area contributed by atoms with Gasteiger partial charge in [-0.1, -0.05) is 20.8 Å². The number of ether oxygens (including phenoxy) is 1. The van der Waals surface area contributed by atoms with Crippen molar-refractivity contribution in [3.63, 3.8) is 0 Å². The highest BCUT2D eigenvalue weighted by molar-refractivity contribution is 5.12. The van der Waals surface area contributed by atoms with Gasteiger partial charge < -0.3 is 9.64 Å². The quantitative estimate of drug-likeness (QED) is 0.572. The monoisotopic (exact) mass is 183 g/mol. The maximum absolute atomic E-state index is 5.39. The normalized spacial score (nSPS) is 18.6. The van der Waals surface area contributed by atoms with E-state index in [-0.39, 0.29) is 11.0 Å². The lowest BCUT2D eigenvalue weighted by Crippen LogP contribution is -2.42. The van der Waals surface area contributed by atoms with Crippen molar-refractivity contribution >= 4 is 0 Å². The van der Waals surface area contributed by atoms with Crippen molar-refractivity contribution in [2.45, 2.75) is 47.1 Å². The van der Waals surface area contributed by atoms with Gasteiger partial charge in [0.25, 0.3) is 0 Å². The third-order valence-electron chi connectivity index (χ3n) is 2.27. The summed E-state index contributed by atoms with van der Waals surface area (Å²) in [6, 6.07) is 0. The number of rotatable bonds is 0. The highest BCUT2D eigenvalue weighted by atomic mass is 16.5. The van der Waals surface area contributed by atoms with E-state index in [4.69, 9.17) is 4.74 Å². The molecule has 2 heteroatoms. The summed E-state index contributed by atoms with van der Waals surface area (Å²) < 4.78 is 5.39. The van der Waals surface area contributed by atoms with Gasteiger partial charge in [-0.2, -0.15) is 0 Å². The highest BCUT2D eigenvalue weighted by Crippen LogP contribution is 2.35. The lowest BCUT2D eigenvalue weighted by atomic mass is 9.89. The van der Waals surface area contributed by atoms with E-state index in [0.29, 0.717) is 6.73 Å². The summed E-state index contributed by atoms with van der Waals surface area (Å²) in [6.07, 6.45) is 1.89. The average Bonchev–Trinajstić information content (AvgIpc) is 2.27. The van der Waals surface area contributed by atoms with Crippen LogP contribution in [0.15, 0.2) is 12.0 Å². The van der Waals surface area contributed by atoms with E-state index in [1.54, 1.807) is 0 Å². The summed E-state index contributed by atoms with van der Waals surface area (Å²) in [7, 11) is 0. The largest absolute Gasteiger partial charge is 0.479 e. The standard InChI is InChI=1S/C11H21NO/c1-10(2,3)9-7-13-8-12(9)11(4,5)6/h7H,8H2,1-6H3. The fourth-order valence-electron chi connectivity index (χ4n) is 1.46. The first-order chi connectivity index (χ1) is 5.73. The van der Waals surface area contributed by atoms with Crippen LogP contribution in [0.5, 0.6) is 0 Å². The molecule has 0 saturated heterocycles. The van der Waals surface area contributed by atoms with Crippen LogP contribution in [-0.4, -0.2) is 17.2 Å². The SMILES string of the molecule is CC(C)(C)C1=COCN1C(C)(C)C. The Labute approximate surface area is 81.6 Å². The number of allylic oxidation sites excluding steroid dienone is 1. The second-order valence-corrected chi connectivity index (χ2v) is 5.65. The summed E-state index contributed by atoms with van der Waals surface area (Å²) in [5.74, 6) is 0. The molecule has 0 aromatic carbocycles. The minimum absolute atomic E-state index is 0.148. The molecule has 1 rings (SSSR count). The Hall–Kier alpha value is -0.660. The maximum atomic E-state index is 5.39. The van der Waals surface area contributed by atoms with Gasteiger partial charge in [0.2, 0.25) is 0 Å². The van der Waals surface area contributed by atoms with Crippen LogP contribution in [0.2, 0.25) is 0 Å². The molecule has 13 heavy (non-hydrogen) atoms. The van der Waals surface area contributed by atoms with Crippen LogP contribution in [0, 0.1) is 5.41 Å². The first-order valence-corrected chi connectivity index (χ1v) is 4.83. The van der Waals surface area contributed by atoms with Gasteiger partial charge in [-0.15, -0.1) is 0 Å². The maximum Gasteiger partial charge on any atom is 0.160 e. The van der Waals surface area contributed by atoms with Gasteiger partial charge in [0, 0.05) is 11.0 Å². The minimum Gasteiger partial charge on any atom is -0.479 e. The van der Waals surface area contributed by atoms with Gasteiger partial charge >= 0.3 is 0 Å². The van der Waals surface area contributed by atoms with Crippen molar-refractivity contribution in [2.75, 3.05) is 6.73 Å². The zero-order valence-electron chi connectivity index (χ0n) is 9.64. The van der Waals surface area contributed by atoms with Gasteiger partial charge in [0.05, 0.1) is 5.70 Å². The smallest absolute Gasteiger partial charge is 0.160 e. The summed E-state index contributed by atoms with van der Waals surface area (Å²) >= 11 is 0. The molecule has 2 nitrogen and oxygen atoms in total. The summed E-state index contributed by atoms with van der Waals surface area (Å²) in [4.78, 5) is 2.31. The first-order valence-electron chi connectivity index (χ1n) is 4.83. The van der Waals surface area contributed by atoms with Gasteiger partial charge in [0.15, 0.2) is 6.73 Å². The van der Waals surface area contributed by atoms with Crippen LogP contribution in [0.25, 0.3) is 0 Å². The van der Waals surface area contributed by atoms with Crippen LogP contribution in [-0.2, 0) is 4.74 Å². The topological polar surface area (TPSA) is 12.5 Å². The van der Waals surface area contributed by atoms with Gasteiger partial charge in [-0.05, 0) is 20.8 Å². The fraction of sp³-hybridized carbons (Fsp3) is 0.818. The molecule has 0 aliphatic carbocycles. The van der Waals surface area contributed by atoms with Gasteiger partial charge in [-0.3, -0.25) is 0 Å². The second kappa shape index (κ2) is 2.93. The van der Waals surface area contributed by atoms with E-state index in [0.717, 1.165) is 0 Å². The molecule has 0 fully saturated rings. The minimum atomic E-state index is 0.148. The Morgan fingerprint density at radius 1 is 1.15 bits per heavy atom. The summed E-state index contributed by atoms with van der Waals surface area (Å²) in [6.45, 7) is 14.0. The molecular formula is C11H21NO. The molecule has 0 aromatic heterocycles. The Bertz CT molecular complexity index is 217. The van der Waals surface area contributed by atoms with E-state index in [1.807, 2.05) is 6.26 Å². The van der Waals surface area contributed by atoms with E-state index in [1.165, 1.54) is 5.70 Å². The van der Waals surface area contributed by atoms with Crippen molar-refractivity contribution < 1.29 is 4.74 Å². The van der Waals surface area contributed by atoms with E-state index >= 15 is 0 Å². The molecule has 1 aliphatic heterocycles. The van der Waals surface area contributed by atoms with Crippen molar-refractivity contribution in [3.8, 4) is 0 Å². The molecule has 0 aromatic rings. The molecule has 0 amide bonds. The van der Waals surface area contributed by atoms with Crippen LogP contribution in [0.3, 0.4) is 0 Å². The Morgan fingerprint density at radius 3 is 2.00 bits per heavy atom. The molecule has 1 heterocycles. The highest BCUT2D eigenvalue weighted by Gasteiger charge is 2.33. The Balaban J connectivity index is 2.87. The number of nitrogens with zero attached hydrogens (tertiary/aromatic N) is 1. The molecule has 0 radical (unpaired) electrons. The summed E-state index contributed by atoms with van der Waals surface area (Å²) in [5, 5.41) is 0. The lowest BCUT2D eigenvalue weighted by Gasteiger charge is -2.38. The van der Waals surface area contributed by atoms with Crippen molar-refractivity contribution in [2.24, 2.45) is 5.41 Å². The third-order valence-corrected chi connectivity index (χ3v) is 2.27. The van der Waals surface area contributed by atoms with Gasteiger partial charge in [0.1, 0.15) is 6.26 Å². The van der Waals surface area contributed by atoms with Crippen molar-refractivity contribution in [1.29, 1.82) is 0 Å². The number of hydrogen-bond acceptors (Lipinski definition) is 2. The molecule has 0 spiro atoms.